The molecule has 2 aromatic carbocycles. The minimum absolute atomic E-state index is 0.0805. The Balaban J connectivity index is 1.57. The van der Waals surface area contributed by atoms with Crippen molar-refractivity contribution >= 4 is 28.9 Å². The Hall–Kier alpha value is -4.72. The molecule has 1 amide bonds. The number of allylic oxidation sites excluding steroid dienone is 1. The standard InChI is InChI=1S/C32H31ClF3N7O3/c1-18-3-2-4-28(26-12-20(9-10-39-26)22-7-5-19(16-44)11-25(22)41-31(18)46)42-17-40-24(14-30(42)45)23-13-21(33)6-8-27(23)43(38)15-29(37)32(34,35)36/h5-15,17-18,28,44H,2-4,16,37-38H2,1H3,(H,41,46)/b29-15-. The lowest BCUT2D eigenvalue weighted by molar-refractivity contribution is -0.119. The van der Waals surface area contributed by atoms with Crippen LogP contribution in [0, 0.1) is 5.92 Å². The molecule has 14 heteroatoms. The molecule has 5 rings (SSSR count). The van der Waals surface area contributed by atoms with Crippen molar-refractivity contribution in [1.29, 1.82) is 0 Å². The van der Waals surface area contributed by atoms with Gasteiger partial charge in [-0.3, -0.25) is 24.1 Å². The Labute approximate surface area is 267 Å². The summed E-state index contributed by atoms with van der Waals surface area (Å²) in [7, 11) is 0. The van der Waals surface area contributed by atoms with Crippen LogP contribution in [0.4, 0.5) is 24.5 Å². The quantitative estimate of drug-likeness (QED) is 0.163. The molecular weight excluding hydrogens is 623 g/mol. The molecule has 0 saturated heterocycles. The maximum absolute atomic E-state index is 13.7. The van der Waals surface area contributed by atoms with Crippen LogP contribution in [0.1, 0.15) is 43.5 Å². The number of carbonyl (C=O) groups excluding carboxylic acids is 1. The van der Waals surface area contributed by atoms with Gasteiger partial charge in [0, 0.05) is 46.2 Å². The minimum atomic E-state index is -4.80. The lowest BCUT2D eigenvalue weighted by atomic mass is 9.95. The zero-order valence-corrected chi connectivity index (χ0v) is 25.4. The molecule has 1 aliphatic heterocycles. The molecule has 46 heavy (non-hydrogen) atoms. The Morgan fingerprint density at radius 1 is 1.11 bits per heavy atom. The number of nitrogens with two attached hydrogens (primary N) is 2. The van der Waals surface area contributed by atoms with Crippen LogP contribution in [-0.4, -0.2) is 31.7 Å². The van der Waals surface area contributed by atoms with E-state index < -0.39 is 23.5 Å². The molecule has 2 atom stereocenters. The highest BCUT2D eigenvalue weighted by atomic mass is 35.5. The number of aliphatic hydroxyl groups excluding tert-OH is 1. The number of hydrazine groups is 1. The van der Waals surface area contributed by atoms with E-state index in [4.69, 9.17) is 23.2 Å². The molecule has 2 unspecified atom stereocenters. The van der Waals surface area contributed by atoms with Gasteiger partial charge in [-0.1, -0.05) is 37.1 Å². The Bertz CT molecular complexity index is 1860. The van der Waals surface area contributed by atoms with Crippen LogP contribution in [-0.2, 0) is 11.4 Å². The second-order valence-electron chi connectivity index (χ2n) is 11.0. The van der Waals surface area contributed by atoms with Crippen molar-refractivity contribution in [3.63, 3.8) is 0 Å². The Morgan fingerprint density at radius 2 is 1.89 bits per heavy atom. The topological polar surface area (TPSA) is 152 Å². The van der Waals surface area contributed by atoms with Crippen LogP contribution >= 0.6 is 11.6 Å². The molecule has 2 bridgehead atoms. The number of nitrogens with one attached hydrogen (secondary N) is 1. The van der Waals surface area contributed by atoms with E-state index in [0.717, 1.165) is 11.1 Å². The van der Waals surface area contributed by atoms with E-state index >= 15 is 0 Å². The first-order valence-corrected chi connectivity index (χ1v) is 14.7. The van der Waals surface area contributed by atoms with E-state index in [2.05, 4.69) is 15.3 Å². The number of fused-ring (bicyclic) bond motifs is 4. The Morgan fingerprint density at radius 3 is 2.61 bits per heavy atom. The van der Waals surface area contributed by atoms with Gasteiger partial charge in [-0.15, -0.1) is 0 Å². The molecular formula is C32H31ClF3N7O3. The van der Waals surface area contributed by atoms with Gasteiger partial charge in [0.15, 0.2) is 0 Å². The first-order valence-electron chi connectivity index (χ1n) is 14.3. The fourth-order valence-corrected chi connectivity index (χ4v) is 5.47. The molecule has 0 fully saturated rings. The van der Waals surface area contributed by atoms with Crippen molar-refractivity contribution in [1.82, 2.24) is 14.5 Å². The number of aromatic nitrogens is 3. The molecule has 10 nitrogen and oxygen atoms in total. The van der Waals surface area contributed by atoms with Crippen LogP contribution in [0.5, 0.6) is 0 Å². The fraction of sp³-hybridized carbons (Fsp3) is 0.250. The van der Waals surface area contributed by atoms with Gasteiger partial charge in [-0.05, 0) is 60.4 Å². The molecule has 2 aromatic heterocycles. The van der Waals surface area contributed by atoms with Gasteiger partial charge in [0.05, 0.1) is 36.1 Å². The summed E-state index contributed by atoms with van der Waals surface area (Å²) in [6.45, 7) is 1.64. The first-order chi connectivity index (χ1) is 21.8. The number of amides is 1. The number of halogens is 4. The number of rotatable bonds is 5. The van der Waals surface area contributed by atoms with Crippen molar-refractivity contribution in [3.8, 4) is 22.4 Å². The van der Waals surface area contributed by atoms with E-state index in [1.165, 1.54) is 35.2 Å². The average Bonchev–Trinajstić information content (AvgIpc) is 3.02. The third kappa shape index (κ3) is 7.06. The first kappa shape index (κ1) is 32.7. The molecule has 4 aromatic rings. The highest BCUT2D eigenvalue weighted by molar-refractivity contribution is 6.31. The highest BCUT2D eigenvalue weighted by Crippen LogP contribution is 2.35. The summed E-state index contributed by atoms with van der Waals surface area (Å²) in [5.41, 5.74) is 6.97. The maximum atomic E-state index is 13.7. The number of pyridine rings is 1. The van der Waals surface area contributed by atoms with Crippen molar-refractivity contribution < 1.29 is 23.1 Å². The smallest absolute Gasteiger partial charge is 0.393 e. The summed E-state index contributed by atoms with van der Waals surface area (Å²) in [4.78, 5) is 35.8. The number of carbonyl (C=O) groups is 1. The maximum Gasteiger partial charge on any atom is 0.432 e. The normalized spacial score (nSPS) is 17.4. The fourth-order valence-electron chi connectivity index (χ4n) is 5.30. The molecule has 0 radical (unpaired) electrons. The lowest BCUT2D eigenvalue weighted by Gasteiger charge is -2.23. The van der Waals surface area contributed by atoms with Crippen LogP contribution in [0.25, 0.3) is 22.4 Å². The van der Waals surface area contributed by atoms with E-state index in [0.29, 0.717) is 47.4 Å². The molecule has 1 aliphatic rings. The van der Waals surface area contributed by atoms with Crippen LogP contribution in [0.15, 0.2) is 83.8 Å². The third-order valence-electron chi connectivity index (χ3n) is 7.81. The average molecular weight is 654 g/mol. The molecule has 0 aliphatic carbocycles. The van der Waals surface area contributed by atoms with E-state index in [9.17, 15) is 27.9 Å². The Kier molecular flexibility index (Phi) is 9.47. The predicted octanol–water partition coefficient (Wildman–Crippen LogP) is 5.51. The summed E-state index contributed by atoms with van der Waals surface area (Å²) in [5, 5.41) is 13.6. The highest BCUT2D eigenvalue weighted by Gasteiger charge is 2.32. The summed E-state index contributed by atoms with van der Waals surface area (Å²) < 4.78 is 40.6. The van der Waals surface area contributed by atoms with Crippen molar-refractivity contribution in [2.75, 3.05) is 10.3 Å². The molecule has 6 N–H and O–H groups in total. The second kappa shape index (κ2) is 13.3. The van der Waals surface area contributed by atoms with Crippen molar-refractivity contribution in [2.45, 2.75) is 45.0 Å². The van der Waals surface area contributed by atoms with E-state index in [1.807, 2.05) is 19.1 Å². The van der Waals surface area contributed by atoms with Gasteiger partial charge in [0.25, 0.3) is 5.56 Å². The number of hydrogen-bond donors (Lipinski definition) is 4. The summed E-state index contributed by atoms with van der Waals surface area (Å²) in [6, 6.07) is 13.9. The van der Waals surface area contributed by atoms with Crippen molar-refractivity contribution in [3.05, 3.63) is 106 Å². The zero-order valence-electron chi connectivity index (χ0n) is 24.6. The molecule has 3 heterocycles. The largest absolute Gasteiger partial charge is 0.432 e. The van der Waals surface area contributed by atoms with Crippen LogP contribution in [0.2, 0.25) is 5.02 Å². The number of hydrogen-bond acceptors (Lipinski definition) is 8. The van der Waals surface area contributed by atoms with E-state index in [-0.39, 0.29) is 40.4 Å². The number of anilines is 2. The second-order valence-corrected chi connectivity index (χ2v) is 11.5. The molecule has 0 saturated carbocycles. The van der Waals surface area contributed by atoms with Gasteiger partial charge < -0.3 is 16.2 Å². The van der Waals surface area contributed by atoms with Crippen LogP contribution in [0.3, 0.4) is 0 Å². The van der Waals surface area contributed by atoms with Gasteiger partial charge in [-0.25, -0.2) is 10.8 Å². The summed E-state index contributed by atoms with van der Waals surface area (Å²) >= 11 is 6.20. The summed E-state index contributed by atoms with van der Waals surface area (Å²) in [6.07, 6.45) is 0.284. The number of aliphatic hydroxyl groups is 1. The third-order valence-corrected chi connectivity index (χ3v) is 8.05. The number of alkyl halides is 3. The number of benzene rings is 2. The van der Waals surface area contributed by atoms with Crippen LogP contribution < -0.4 is 27.5 Å². The zero-order chi connectivity index (χ0) is 33.2. The number of nitrogens with zero attached hydrogens (tertiary/aromatic N) is 4. The van der Waals surface area contributed by atoms with Gasteiger partial charge in [0.2, 0.25) is 5.91 Å². The molecule has 0 spiro atoms. The monoisotopic (exact) mass is 653 g/mol. The van der Waals surface area contributed by atoms with Gasteiger partial charge in [0.1, 0.15) is 5.70 Å². The lowest BCUT2D eigenvalue weighted by Crippen LogP contribution is -2.30. The summed E-state index contributed by atoms with van der Waals surface area (Å²) in [5.74, 6) is 5.43. The van der Waals surface area contributed by atoms with E-state index in [1.54, 1.807) is 24.4 Å². The van der Waals surface area contributed by atoms with Crippen molar-refractivity contribution in [2.24, 2.45) is 17.5 Å². The minimum Gasteiger partial charge on any atom is -0.393 e. The SMILES string of the molecule is CC1CCCC(n2cnc(-c3cc(Cl)ccc3N(N)/C=C(\N)C(F)(F)F)cc2=O)c2cc(ccn2)-c2ccc(CO)cc2NC1=O. The van der Waals surface area contributed by atoms with Gasteiger partial charge >= 0.3 is 6.18 Å². The van der Waals surface area contributed by atoms with Gasteiger partial charge in [-0.2, -0.15) is 13.2 Å². The molecule has 240 valence electrons. The predicted molar refractivity (Wildman–Crippen MR) is 169 cm³/mol.